The lowest BCUT2D eigenvalue weighted by atomic mass is 9.63. The number of aliphatic imine (C=N–C) groups is 1. The molecule has 0 saturated heterocycles. The molecule has 0 unspecified atom stereocenters. The zero-order chi connectivity index (χ0) is 21.3. The lowest BCUT2D eigenvalue weighted by Gasteiger charge is -2.45. The van der Waals surface area contributed by atoms with Crippen LogP contribution in [0.1, 0.15) is 29.6 Å². The number of nitrogens with two attached hydrogens (primary N) is 1. The second-order valence-electron chi connectivity index (χ2n) is 7.56. The molecule has 1 saturated carbocycles. The number of hydrogen-bond donors (Lipinski definition) is 2. The zero-order valence-corrected chi connectivity index (χ0v) is 16.0. The number of primary amides is 1. The number of amides is 1. The van der Waals surface area contributed by atoms with Crippen LogP contribution in [0.5, 0.6) is 0 Å². The number of nitrogens with zero attached hydrogens (tertiary/aromatic N) is 3. The van der Waals surface area contributed by atoms with Crippen LogP contribution in [0.3, 0.4) is 0 Å². The molecule has 0 radical (unpaired) electrons. The second kappa shape index (κ2) is 7.89. The Morgan fingerprint density at radius 3 is 2.60 bits per heavy atom. The Hall–Kier alpha value is -3.23. The molecule has 1 aromatic carbocycles. The van der Waals surface area contributed by atoms with Crippen molar-refractivity contribution >= 4 is 17.6 Å². The Morgan fingerprint density at radius 2 is 1.97 bits per heavy atom. The summed E-state index contributed by atoms with van der Waals surface area (Å²) in [6.45, 7) is 0.723. The Kier molecular flexibility index (Phi) is 5.27. The summed E-state index contributed by atoms with van der Waals surface area (Å²) in [5.41, 5.74) is 5.51. The van der Waals surface area contributed by atoms with Gasteiger partial charge in [0, 0.05) is 47.6 Å². The molecule has 9 heteroatoms. The Morgan fingerprint density at radius 1 is 1.23 bits per heavy atom. The van der Waals surface area contributed by atoms with Crippen LogP contribution < -0.4 is 11.1 Å². The molecular weight excluding hydrogens is 395 g/mol. The SMILES string of the molecule is NC(=O)c1ccc(F)c(-c2cnc(NCC3(C4=NCCC=C4F)CC(F)C3)nc2)c1. The minimum atomic E-state index is -0.993. The number of alkyl halides is 1. The number of nitrogens with one attached hydrogen (secondary N) is 1. The van der Waals surface area contributed by atoms with Crippen molar-refractivity contribution in [3.8, 4) is 11.1 Å². The molecule has 1 fully saturated rings. The number of carbonyl (C=O) groups is 1. The minimum Gasteiger partial charge on any atom is -0.366 e. The first-order valence-corrected chi connectivity index (χ1v) is 9.59. The van der Waals surface area contributed by atoms with Gasteiger partial charge in [-0.1, -0.05) is 0 Å². The summed E-state index contributed by atoms with van der Waals surface area (Å²) < 4.78 is 42.1. The van der Waals surface area contributed by atoms with E-state index in [0.29, 0.717) is 24.2 Å². The van der Waals surface area contributed by atoms with Gasteiger partial charge in [0.2, 0.25) is 11.9 Å². The first-order chi connectivity index (χ1) is 14.4. The van der Waals surface area contributed by atoms with Gasteiger partial charge >= 0.3 is 0 Å². The van der Waals surface area contributed by atoms with E-state index in [2.05, 4.69) is 20.3 Å². The average molecular weight is 415 g/mol. The molecule has 30 heavy (non-hydrogen) atoms. The van der Waals surface area contributed by atoms with Gasteiger partial charge in [0.1, 0.15) is 17.8 Å². The fourth-order valence-corrected chi connectivity index (χ4v) is 3.88. The van der Waals surface area contributed by atoms with Crippen LogP contribution in [0.25, 0.3) is 11.1 Å². The van der Waals surface area contributed by atoms with Crippen LogP contribution in [-0.2, 0) is 0 Å². The average Bonchev–Trinajstić information content (AvgIpc) is 2.71. The molecule has 1 aliphatic carbocycles. The summed E-state index contributed by atoms with van der Waals surface area (Å²) in [5.74, 6) is -1.35. The van der Waals surface area contributed by atoms with E-state index < -0.39 is 29.1 Å². The van der Waals surface area contributed by atoms with Gasteiger partial charge in [-0.05, 0) is 43.5 Å². The molecule has 1 aliphatic heterocycles. The van der Waals surface area contributed by atoms with Crippen molar-refractivity contribution < 1.29 is 18.0 Å². The fraction of sp³-hybridized carbons (Fsp3) is 0.333. The number of carbonyl (C=O) groups excluding carboxylic acids is 1. The number of halogens is 3. The summed E-state index contributed by atoms with van der Waals surface area (Å²) in [7, 11) is 0. The first-order valence-electron chi connectivity index (χ1n) is 9.59. The van der Waals surface area contributed by atoms with E-state index in [1.165, 1.54) is 30.6 Å². The minimum absolute atomic E-state index is 0.150. The maximum absolute atomic E-state index is 14.3. The molecule has 1 amide bonds. The normalized spacial score (nSPS) is 23.2. The van der Waals surface area contributed by atoms with E-state index in [9.17, 15) is 18.0 Å². The van der Waals surface area contributed by atoms with Gasteiger partial charge in [-0.2, -0.15) is 0 Å². The van der Waals surface area contributed by atoms with Crippen molar-refractivity contribution in [2.45, 2.75) is 25.4 Å². The third-order valence-corrected chi connectivity index (χ3v) is 5.47. The summed E-state index contributed by atoms with van der Waals surface area (Å²) in [6, 6.07) is 3.79. The second-order valence-corrected chi connectivity index (χ2v) is 7.56. The van der Waals surface area contributed by atoms with Crippen molar-refractivity contribution in [1.29, 1.82) is 0 Å². The van der Waals surface area contributed by atoms with Crippen molar-refractivity contribution in [3.05, 3.63) is 53.9 Å². The maximum atomic E-state index is 14.3. The number of dihydropyridines is 1. The van der Waals surface area contributed by atoms with Crippen LogP contribution in [0.4, 0.5) is 19.1 Å². The highest BCUT2D eigenvalue weighted by Crippen LogP contribution is 2.46. The van der Waals surface area contributed by atoms with E-state index in [4.69, 9.17) is 5.73 Å². The quantitative estimate of drug-likeness (QED) is 0.754. The first kappa shape index (κ1) is 20.1. The summed E-state index contributed by atoms with van der Waals surface area (Å²) in [5, 5.41) is 3.02. The monoisotopic (exact) mass is 415 g/mol. The van der Waals surface area contributed by atoms with Gasteiger partial charge in [0.25, 0.3) is 0 Å². The van der Waals surface area contributed by atoms with Gasteiger partial charge in [-0.15, -0.1) is 0 Å². The highest BCUT2D eigenvalue weighted by atomic mass is 19.1. The van der Waals surface area contributed by atoms with Crippen LogP contribution in [0.15, 0.2) is 47.5 Å². The molecule has 4 rings (SSSR count). The maximum Gasteiger partial charge on any atom is 0.248 e. The highest BCUT2D eigenvalue weighted by molar-refractivity contribution is 6.04. The van der Waals surface area contributed by atoms with E-state index in [1.54, 1.807) is 0 Å². The topological polar surface area (TPSA) is 93.3 Å². The molecule has 1 aromatic heterocycles. The number of aromatic nitrogens is 2. The van der Waals surface area contributed by atoms with Crippen molar-refractivity contribution in [2.24, 2.45) is 16.1 Å². The van der Waals surface area contributed by atoms with Gasteiger partial charge in [0.15, 0.2) is 0 Å². The van der Waals surface area contributed by atoms with Crippen molar-refractivity contribution in [3.63, 3.8) is 0 Å². The Labute approximate surface area is 171 Å². The largest absolute Gasteiger partial charge is 0.366 e. The molecule has 0 spiro atoms. The third kappa shape index (κ3) is 3.79. The summed E-state index contributed by atoms with van der Waals surface area (Å²) in [4.78, 5) is 24.0. The fourth-order valence-electron chi connectivity index (χ4n) is 3.88. The van der Waals surface area contributed by atoms with Gasteiger partial charge in [0.05, 0.1) is 5.71 Å². The Bertz CT molecular complexity index is 1030. The number of anilines is 1. The number of hydrogen-bond acceptors (Lipinski definition) is 5. The highest BCUT2D eigenvalue weighted by Gasteiger charge is 2.50. The molecule has 156 valence electrons. The molecule has 2 aromatic rings. The van der Waals surface area contributed by atoms with Crippen molar-refractivity contribution in [1.82, 2.24) is 9.97 Å². The standard InChI is InChI=1S/C21H20F3N5O/c22-14-7-21(8-14,18-17(24)2-1-5-26-18)11-29-20-27-9-13(10-28-20)15-6-12(19(25)30)3-4-16(15)23/h2-4,6,9-10,14H,1,5,7-8,11H2,(H2,25,30)(H,27,28,29). The molecular formula is C21H20F3N5O. The lowest BCUT2D eigenvalue weighted by Crippen LogP contribution is -2.50. The van der Waals surface area contributed by atoms with Crippen molar-refractivity contribution in [2.75, 3.05) is 18.4 Å². The summed E-state index contributed by atoms with van der Waals surface area (Å²) >= 11 is 0. The van der Waals surface area contributed by atoms with E-state index >= 15 is 0 Å². The smallest absolute Gasteiger partial charge is 0.248 e. The van der Waals surface area contributed by atoms with E-state index in [0.717, 1.165) is 6.07 Å². The molecule has 2 aliphatic rings. The molecule has 0 bridgehead atoms. The van der Waals surface area contributed by atoms with Gasteiger partial charge in [-0.3, -0.25) is 9.79 Å². The number of benzene rings is 1. The molecule has 6 nitrogen and oxygen atoms in total. The van der Waals surface area contributed by atoms with Crippen LogP contribution in [0.2, 0.25) is 0 Å². The molecule has 2 heterocycles. The van der Waals surface area contributed by atoms with Crippen LogP contribution in [0, 0.1) is 11.2 Å². The predicted molar refractivity (Wildman–Crippen MR) is 107 cm³/mol. The zero-order valence-electron chi connectivity index (χ0n) is 16.0. The summed E-state index contributed by atoms with van der Waals surface area (Å²) in [6.07, 6.45) is 4.21. The third-order valence-electron chi connectivity index (χ3n) is 5.47. The Balaban J connectivity index is 1.50. The van der Waals surface area contributed by atoms with E-state index in [-0.39, 0.29) is 36.5 Å². The molecule has 3 N–H and O–H groups in total. The number of allylic oxidation sites excluding steroid dienone is 1. The predicted octanol–water partition coefficient (Wildman–Crippen LogP) is 3.61. The molecule has 0 atom stereocenters. The van der Waals surface area contributed by atoms with E-state index in [1.807, 2.05) is 0 Å². The van der Waals surface area contributed by atoms with Crippen LogP contribution in [-0.4, -0.2) is 40.8 Å². The number of rotatable bonds is 6. The van der Waals surface area contributed by atoms with Crippen LogP contribution >= 0.6 is 0 Å². The van der Waals surface area contributed by atoms with Gasteiger partial charge < -0.3 is 11.1 Å². The lowest BCUT2D eigenvalue weighted by molar-refractivity contribution is 0.0934. The van der Waals surface area contributed by atoms with Gasteiger partial charge in [-0.25, -0.2) is 23.1 Å².